The summed E-state index contributed by atoms with van der Waals surface area (Å²) >= 11 is 0. The number of nitrogens with one attached hydrogen (secondary N) is 2. The Kier molecular flexibility index (Phi) is 22.0. The summed E-state index contributed by atoms with van der Waals surface area (Å²) in [5, 5.41) is 28.1. The number of fused-ring (bicyclic) bond motifs is 13. The number of phenols is 1. The number of allylic oxidation sites excluding steroid dienone is 4. The fourth-order valence-electron chi connectivity index (χ4n) is 11.5. The van der Waals surface area contributed by atoms with Crippen LogP contribution in [0.1, 0.15) is 133 Å². The number of likely N-dealkylation sites (tertiary alicyclic amines) is 1. The molecule has 1 saturated heterocycles. The second-order valence-corrected chi connectivity index (χ2v) is 27.2. The molecule has 0 saturated carbocycles. The van der Waals surface area contributed by atoms with Gasteiger partial charge in [0.05, 0.1) is 47.6 Å². The third kappa shape index (κ3) is 15.3. The molecule has 0 radical (unpaired) electrons. The number of aliphatic imine (C=N–C) groups is 1. The number of amides is 1. The number of piperidine rings is 1. The Labute approximate surface area is 489 Å². The first-order chi connectivity index (χ1) is 39.2. The monoisotopic (exact) mass is 1220 g/mol. The van der Waals surface area contributed by atoms with Gasteiger partial charge in [-0.1, -0.05) is 66.7 Å². The number of nitrogens with zero attached hydrogens (tertiary/aromatic N) is 3. The molecule has 466 valence electrons. The maximum atomic E-state index is 15.0. The van der Waals surface area contributed by atoms with Crippen LogP contribution in [0.3, 0.4) is 0 Å². The maximum absolute atomic E-state index is 15.0. The van der Waals surface area contributed by atoms with Crippen LogP contribution < -0.4 is 15.4 Å². The molecule has 6 aliphatic rings. The molecule has 1 aliphatic carbocycles. The first-order valence-electron chi connectivity index (χ1n) is 28.3. The number of ether oxygens (including phenoxy) is 6. The van der Waals surface area contributed by atoms with E-state index >= 15 is 4.79 Å². The molecule has 0 aromatic heterocycles. The van der Waals surface area contributed by atoms with Crippen LogP contribution in [0.15, 0.2) is 52.5 Å². The normalized spacial score (nSPS) is 28.2. The highest BCUT2D eigenvalue weighted by atomic mass is 31.2. The van der Waals surface area contributed by atoms with Crippen molar-refractivity contribution in [3.8, 4) is 11.5 Å². The Bertz CT molecular complexity index is 2930. The topological polar surface area (TPSA) is 356 Å². The zero-order valence-corrected chi connectivity index (χ0v) is 51.6. The number of carbonyl (C=O) groups is 6. The molecule has 5 aliphatic heterocycles. The molecular weight excluding hydrogens is 1140 g/mol. The zero-order chi connectivity index (χ0) is 62.6. The fraction of sp³-hybridized carbons (Fsp3) is 0.632. The minimum atomic E-state index is -5.38. The molecule has 25 nitrogen and oxygen atoms in total. The van der Waals surface area contributed by atoms with E-state index in [0.29, 0.717) is 38.3 Å². The van der Waals surface area contributed by atoms with Crippen molar-refractivity contribution in [1.29, 1.82) is 0 Å². The number of aliphatic hydroxyl groups is 1. The van der Waals surface area contributed by atoms with Crippen molar-refractivity contribution in [2.45, 2.75) is 150 Å². The molecule has 27 heteroatoms. The molecule has 8 N–H and O–H groups in total. The molecule has 5 bridgehead atoms. The first-order valence-corrected chi connectivity index (χ1v) is 31.7. The highest BCUT2D eigenvalue weighted by molar-refractivity contribution is 7.70. The van der Waals surface area contributed by atoms with Crippen LogP contribution in [0.25, 0.3) is 0 Å². The largest absolute Gasteiger partial charge is 0.507 e. The summed E-state index contributed by atoms with van der Waals surface area (Å²) in [5.41, 5.74) is -1.09. The van der Waals surface area contributed by atoms with E-state index in [1.54, 1.807) is 40.7 Å². The Morgan fingerprint density at radius 1 is 0.905 bits per heavy atom. The number of benzene rings is 1. The number of hydrogen-bond donors (Lipinski definition) is 8. The van der Waals surface area contributed by atoms with Crippen LogP contribution in [-0.4, -0.2) is 175 Å². The minimum absolute atomic E-state index is 0.0127. The van der Waals surface area contributed by atoms with E-state index < -0.39 is 141 Å². The number of carbonyl (C=O) groups excluding carboxylic acids is 6. The average molecular weight is 1220 g/mol. The van der Waals surface area contributed by atoms with Gasteiger partial charge in [-0.25, -0.2) is 0 Å². The van der Waals surface area contributed by atoms with Crippen LogP contribution in [0.2, 0.25) is 0 Å². The maximum Gasteiger partial charge on any atom is 0.340 e. The van der Waals surface area contributed by atoms with Crippen molar-refractivity contribution < 1.29 is 96.1 Å². The molecular formula is C57H83N5O20P2. The number of aliphatic hydroxyl groups excluding tert-OH is 1. The zero-order valence-electron chi connectivity index (χ0n) is 49.8. The fourth-order valence-corrected chi connectivity index (χ4v) is 14.0. The van der Waals surface area contributed by atoms with Crippen molar-refractivity contribution >= 4 is 56.3 Å². The summed E-state index contributed by atoms with van der Waals surface area (Å²) < 4.78 is 60.1. The minimum Gasteiger partial charge on any atom is -0.507 e. The van der Waals surface area contributed by atoms with E-state index in [4.69, 9.17) is 33.4 Å². The predicted octanol–water partition coefficient (Wildman–Crippen LogP) is 4.88. The van der Waals surface area contributed by atoms with Crippen LogP contribution in [-0.2, 0) is 52.0 Å². The molecule has 1 amide bonds. The molecule has 0 unspecified atom stereocenters. The smallest absolute Gasteiger partial charge is 0.340 e. The number of aromatic hydroxyl groups is 1. The van der Waals surface area contributed by atoms with E-state index in [0.717, 1.165) is 6.54 Å². The molecule has 1 aromatic rings. The van der Waals surface area contributed by atoms with Gasteiger partial charge in [0.2, 0.25) is 5.78 Å². The van der Waals surface area contributed by atoms with Crippen molar-refractivity contribution in [3.05, 3.63) is 69.8 Å². The molecule has 1 spiro atoms. The number of phenolic OH excluding ortho intramolecular Hbond substituents is 1. The van der Waals surface area contributed by atoms with Gasteiger partial charge in [0.1, 0.15) is 41.7 Å². The SMILES string of the molecule is CCCC(=O)OCCN(CCC(P(=O)(O)O)P(=O)(O)O)CC(=O)O[C@@H]1[C@@H](C)[C@@H](O)[C@@H](C)[C@H](OC(C)=O)[C@H](C)[C@@H](OC)/C=C/O[C@@]2(C)Oc3c(C)c(O)c4c(c3C2=O)C2=NC3(CCN(CC(C)C)CC3)NC2=C(NC(=O)/C(C)=C\C=C\[C@@H]1C)C4=O. The number of Topliss-reactive ketones (excluding diaryl/α,β-unsaturated/α-hetero) is 2. The van der Waals surface area contributed by atoms with Gasteiger partial charge >= 0.3 is 38.9 Å². The Morgan fingerprint density at radius 2 is 1.55 bits per heavy atom. The summed E-state index contributed by atoms with van der Waals surface area (Å²) in [7, 11) is -9.37. The van der Waals surface area contributed by atoms with E-state index in [1.165, 1.54) is 64.2 Å². The van der Waals surface area contributed by atoms with Gasteiger partial charge in [-0.15, -0.1) is 0 Å². The van der Waals surface area contributed by atoms with E-state index in [9.17, 15) is 62.9 Å². The Morgan fingerprint density at radius 3 is 2.14 bits per heavy atom. The van der Waals surface area contributed by atoms with Crippen molar-refractivity contribution in [2.24, 2.45) is 34.6 Å². The highest BCUT2D eigenvalue weighted by Gasteiger charge is 2.55. The average Bonchev–Trinajstić information content (AvgIpc) is 1.52. The lowest BCUT2D eigenvalue weighted by Crippen LogP contribution is -2.50. The molecule has 1 aromatic carbocycles. The third-order valence-electron chi connectivity index (χ3n) is 16.2. The van der Waals surface area contributed by atoms with E-state index in [-0.39, 0.29) is 70.3 Å². The first kappa shape index (κ1) is 67.5. The van der Waals surface area contributed by atoms with Crippen LogP contribution in [0.4, 0.5) is 0 Å². The van der Waals surface area contributed by atoms with Gasteiger partial charge < -0.3 is 73.7 Å². The van der Waals surface area contributed by atoms with Crippen molar-refractivity contribution in [3.63, 3.8) is 0 Å². The molecule has 5 heterocycles. The van der Waals surface area contributed by atoms with Crippen LogP contribution >= 0.6 is 15.2 Å². The van der Waals surface area contributed by atoms with Gasteiger partial charge in [-0.3, -0.25) is 47.8 Å². The third-order valence-corrected chi connectivity index (χ3v) is 20.0. The van der Waals surface area contributed by atoms with Crippen LogP contribution in [0, 0.1) is 36.5 Å². The van der Waals surface area contributed by atoms with Gasteiger partial charge in [0, 0.05) is 113 Å². The van der Waals surface area contributed by atoms with E-state index in [2.05, 4.69) is 29.4 Å². The Hall–Kier alpha value is -5.59. The second kappa shape index (κ2) is 27.4. The number of ketones is 2. The van der Waals surface area contributed by atoms with E-state index in [1.807, 2.05) is 0 Å². The molecule has 1 fully saturated rings. The number of rotatable bonds is 17. The van der Waals surface area contributed by atoms with Crippen LogP contribution in [0.5, 0.6) is 11.5 Å². The van der Waals surface area contributed by atoms with Gasteiger partial charge in [0.25, 0.3) is 11.7 Å². The van der Waals surface area contributed by atoms with Gasteiger partial charge in [-0.05, 0) is 38.7 Å². The summed E-state index contributed by atoms with van der Waals surface area (Å²) in [6, 6.07) is 0. The lowest BCUT2D eigenvalue weighted by Gasteiger charge is -2.39. The van der Waals surface area contributed by atoms with Gasteiger partial charge in [-0.2, -0.15) is 0 Å². The lowest BCUT2D eigenvalue weighted by atomic mass is 9.78. The highest BCUT2D eigenvalue weighted by Crippen LogP contribution is 2.61. The van der Waals surface area contributed by atoms with Crippen molar-refractivity contribution in [1.82, 2.24) is 20.4 Å². The number of hydrogen-bond acceptors (Lipinski definition) is 20. The lowest BCUT2D eigenvalue weighted by molar-refractivity contribution is -0.166. The standard InChI is InChI=1S/C57H83N5O20P2/c1-13-15-39(64)78-27-25-61(22-18-41(83(71,72)73)84(74,75)76)29-40(65)81-51-31(4)16-14-17-32(5)55(70)58-47-46-45(59-57(60-46)20-23-62(24-21-57)28-30(2)3)42-43(50(47)68)49(67)36(9)53-44(42)54(69)56(11,82-53)79-26-19-38(77-12)33(6)52(80-37(10)63)35(8)48(66)34(51)7/h14,16-17,19,26,30-31,33-35,38,41,48,51-52,60,66-67H,13,15,18,20-25,27-29H2,1-12H3,(H,58,70)(H2,71,72,73)(H2,74,75,76)/b16-14+,26-19+,32-17-/t31-,33+,34-,35+,38-,48+,51-,52+,56-/m0/s1. The summed E-state index contributed by atoms with van der Waals surface area (Å²) in [5.74, 6) is -10.3. The second-order valence-electron chi connectivity index (χ2n) is 23.2. The number of methoxy groups -OCH3 is 1. The number of esters is 3. The van der Waals surface area contributed by atoms with Gasteiger partial charge in [0.15, 0.2) is 5.40 Å². The molecule has 7 rings (SSSR count). The molecule has 9 atom stereocenters. The quantitative estimate of drug-likeness (QED) is 0.0585. The summed E-state index contributed by atoms with van der Waals surface area (Å²) in [6.07, 6.45) is 3.16. The molecule has 84 heavy (non-hydrogen) atoms. The Balaban J connectivity index is 1.44. The van der Waals surface area contributed by atoms with Crippen molar-refractivity contribution in [2.75, 3.05) is 53.0 Å². The summed E-state index contributed by atoms with van der Waals surface area (Å²) in [6.45, 7) is 18.5. The predicted molar refractivity (Wildman–Crippen MR) is 305 cm³/mol. The summed E-state index contributed by atoms with van der Waals surface area (Å²) in [4.78, 5) is 132.